The lowest BCUT2D eigenvalue weighted by Crippen LogP contribution is -2.04. The second-order valence-electron chi connectivity index (χ2n) is 3.41. The van der Waals surface area contributed by atoms with Gasteiger partial charge in [0.25, 0.3) is 0 Å². The molecule has 0 unspecified atom stereocenters. The van der Waals surface area contributed by atoms with E-state index in [0.29, 0.717) is 6.07 Å². The largest absolute Gasteiger partial charge is 0.480 e. The highest BCUT2D eigenvalue weighted by Crippen LogP contribution is 2.26. The number of aromatic nitrogens is 1. The standard InChI is InChI=1S/C11H6F3NO3/c1-18-10-5(11(16)17)2-4-3-6(12)7(13)8(14)9(4)15-10/h2-3H,1H3,(H,16,17). The number of fused-ring (bicyclic) bond motifs is 1. The van der Waals surface area contributed by atoms with Crippen LogP contribution in [0.3, 0.4) is 0 Å². The van der Waals surface area contributed by atoms with Crippen LogP contribution < -0.4 is 4.74 Å². The molecule has 0 aliphatic rings. The smallest absolute Gasteiger partial charge is 0.341 e. The van der Waals surface area contributed by atoms with E-state index >= 15 is 0 Å². The Morgan fingerprint density at radius 2 is 1.94 bits per heavy atom. The topological polar surface area (TPSA) is 59.4 Å². The van der Waals surface area contributed by atoms with Gasteiger partial charge < -0.3 is 9.84 Å². The molecular weight excluding hydrogens is 251 g/mol. The van der Waals surface area contributed by atoms with Gasteiger partial charge >= 0.3 is 5.97 Å². The molecule has 1 aromatic heterocycles. The molecule has 0 spiro atoms. The molecule has 1 N–H and O–H groups in total. The molecule has 0 radical (unpaired) electrons. The third kappa shape index (κ3) is 1.73. The lowest BCUT2D eigenvalue weighted by Gasteiger charge is -2.07. The van der Waals surface area contributed by atoms with Crippen molar-refractivity contribution in [1.82, 2.24) is 4.98 Å². The minimum Gasteiger partial charge on any atom is -0.480 e. The second-order valence-corrected chi connectivity index (χ2v) is 3.41. The van der Waals surface area contributed by atoms with Gasteiger partial charge in [0.1, 0.15) is 11.1 Å². The van der Waals surface area contributed by atoms with E-state index in [9.17, 15) is 18.0 Å². The fourth-order valence-corrected chi connectivity index (χ4v) is 1.52. The quantitative estimate of drug-likeness (QED) is 0.839. The van der Waals surface area contributed by atoms with Crippen molar-refractivity contribution in [2.45, 2.75) is 0 Å². The van der Waals surface area contributed by atoms with Gasteiger partial charge in [-0.15, -0.1) is 0 Å². The zero-order chi connectivity index (χ0) is 13.4. The van der Waals surface area contributed by atoms with Crippen LogP contribution in [0.25, 0.3) is 10.9 Å². The van der Waals surface area contributed by atoms with Crippen LogP contribution in [0.4, 0.5) is 13.2 Å². The number of rotatable bonds is 2. The Kier molecular flexibility index (Phi) is 2.82. The highest BCUT2D eigenvalue weighted by Gasteiger charge is 2.20. The van der Waals surface area contributed by atoms with Crippen molar-refractivity contribution in [3.63, 3.8) is 0 Å². The molecule has 1 heterocycles. The van der Waals surface area contributed by atoms with Crippen LogP contribution in [0, 0.1) is 17.5 Å². The predicted octanol–water partition coefficient (Wildman–Crippen LogP) is 2.36. The van der Waals surface area contributed by atoms with Crippen LogP contribution in [0.5, 0.6) is 5.88 Å². The van der Waals surface area contributed by atoms with Crippen LogP contribution in [0.2, 0.25) is 0 Å². The fraction of sp³-hybridized carbons (Fsp3) is 0.0909. The number of hydrogen-bond donors (Lipinski definition) is 1. The van der Waals surface area contributed by atoms with E-state index in [4.69, 9.17) is 5.11 Å². The molecule has 94 valence electrons. The first-order chi connectivity index (χ1) is 8.45. The monoisotopic (exact) mass is 257 g/mol. The maximum atomic E-state index is 13.4. The van der Waals surface area contributed by atoms with Gasteiger partial charge in [-0.2, -0.15) is 0 Å². The summed E-state index contributed by atoms with van der Waals surface area (Å²) in [6.07, 6.45) is 0. The van der Waals surface area contributed by atoms with E-state index in [-0.39, 0.29) is 16.8 Å². The number of nitrogens with zero attached hydrogens (tertiary/aromatic N) is 1. The molecule has 0 atom stereocenters. The van der Waals surface area contributed by atoms with Crippen molar-refractivity contribution >= 4 is 16.9 Å². The number of benzene rings is 1. The normalized spacial score (nSPS) is 10.7. The van der Waals surface area contributed by atoms with Crippen molar-refractivity contribution in [2.24, 2.45) is 0 Å². The summed E-state index contributed by atoms with van der Waals surface area (Å²) in [6.45, 7) is 0. The third-order valence-electron chi connectivity index (χ3n) is 2.33. The molecule has 0 fully saturated rings. The number of halogens is 3. The second kappa shape index (κ2) is 4.17. The van der Waals surface area contributed by atoms with Crippen molar-refractivity contribution in [3.8, 4) is 5.88 Å². The Morgan fingerprint density at radius 1 is 1.28 bits per heavy atom. The maximum absolute atomic E-state index is 13.4. The number of methoxy groups -OCH3 is 1. The molecule has 0 bridgehead atoms. The Bertz CT molecular complexity index is 658. The van der Waals surface area contributed by atoms with Crippen molar-refractivity contribution in [1.29, 1.82) is 0 Å². The number of ether oxygens (including phenoxy) is 1. The van der Waals surface area contributed by atoms with Crippen LogP contribution in [0.1, 0.15) is 10.4 Å². The Morgan fingerprint density at radius 3 is 2.50 bits per heavy atom. The van der Waals surface area contributed by atoms with E-state index in [1.807, 2.05) is 0 Å². The number of carboxylic acids is 1. The summed E-state index contributed by atoms with van der Waals surface area (Å²) >= 11 is 0. The van der Waals surface area contributed by atoms with Crippen molar-refractivity contribution < 1.29 is 27.8 Å². The SMILES string of the molecule is COc1nc2c(F)c(F)c(F)cc2cc1C(=O)O. The lowest BCUT2D eigenvalue weighted by molar-refractivity contribution is 0.0692. The molecule has 18 heavy (non-hydrogen) atoms. The fourth-order valence-electron chi connectivity index (χ4n) is 1.52. The summed E-state index contributed by atoms with van der Waals surface area (Å²) in [5.74, 6) is -6.31. The van der Waals surface area contributed by atoms with Gasteiger partial charge in [-0.3, -0.25) is 0 Å². The van der Waals surface area contributed by atoms with Gasteiger partial charge in [0.05, 0.1) is 7.11 Å². The van der Waals surface area contributed by atoms with Crippen molar-refractivity contribution in [2.75, 3.05) is 7.11 Å². The predicted molar refractivity (Wildman–Crippen MR) is 55.1 cm³/mol. The molecular formula is C11H6F3NO3. The molecule has 1 aromatic carbocycles. The van der Waals surface area contributed by atoms with E-state index in [1.54, 1.807) is 0 Å². The number of aromatic carboxylic acids is 1. The summed E-state index contributed by atoms with van der Waals surface area (Å²) in [4.78, 5) is 14.4. The minimum absolute atomic E-state index is 0.162. The van der Waals surface area contributed by atoms with Crippen LogP contribution in [0.15, 0.2) is 12.1 Å². The first-order valence-corrected chi connectivity index (χ1v) is 4.71. The average Bonchev–Trinajstić information content (AvgIpc) is 2.34. The molecule has 2 aromatic rings. The van der Waals surface area contributed by atoms with Crippen LogP contribution in [-0.2, 0) is 0 Å². The zero-order valence-electron chi connectivity index (χ0n) is 9.00. The molecule has 0 aliphatic heterocycles. The summed E-state index contributed by atoms with van der Waals surface area (Å²) in [5, 5.41) is 8.71. The third-order valence-corrected chi connectivity index (χ3v) is 2.33. The van der Waals surface area contributed by atoms with Crippen LogP contribution >= 0.6 is 0 Å². The number of pyridine rings is 1. The van der Waals surface area contributed by atoms with Gasteiger partial charge in [-0.1, -0.05) is 0 Å². The van der Waals surface area contributed by atoms with Gasteiger partial charge in [0.2, 0.25) is 5.88 Å². The minimum atomic E-state index is -1.67. The first kappa shape index (κ1) is 12.2. The molecule has 7 heteroatoms. The van der Waals surface area contributed by atoms with E-state index < -0.39 is 28.9 Å². The summed E-state index contributed by atoms with van der Waals surface area (Å²) in [7, 11) is 1.14. The molecule has 2 rings (SSSR count). The van der Waals surface area contributed by atoms with Crippen LogP contribution in [-0.4, -0.2) is 23.2 Å². The Balaban J connectivity index is 2.87. The van der Waals surface area contributed by atoms with E-state index in [1.165, 1.54) is 0 Å². The van der Waals surface area contributed by atoms with Gasteiger partial charge in [-0.05, 0) is 12.1 Å². The molecule has 0 saturated carbocycles. The lowest BCUT2D eigenvalue weighted by atomic mass is 10.1. The van der Waals surface area contributed by atoms with Gasteiger partial charge in [-0.25, -0.2) is 22.9 Å². The maximum Gasteiger partial charge on any atom is 0.341 e. The highest BCUT2D eigenvalue weighted by atomic mass is 19.2. The highest BCUT2D eigenvalue weighted by molar-refractivity contribution is 5.95. The van der Waals surface area contributed by atoms with Gasteiger partial charge in [0.15, 0.2) is 17.5 Å². The number of carboxylic acid groups (broad SMARTS) is 1. The first-order valence-electron chi connectivity index (χ1n) is 4.71. The summed E-state index contributed by atoms with van der Waals surface area (Å²) in [5.41, 5.74) is -0.855. The Hall–Kier alpha value is -2.31. The van der Waals surface area contributed by atoms with Crippen molar-refractivity contribution in [3.05, 3.63) is 35.1 Å². The van der Waals surface area contributed by atoms with E-state index in [0.717, 1.165) is 13.2 Å². The zero-order valence-corrected chi connectivity index (χ0v) is 9.00. The molecule has 0 saturated heterocycles. The summed E-state index contributed by atoms with van der Waals surface area (Å²) < 4.78 is 44.1. The molecule has 0 aliphatic carbocycles. The summed E-state index contributed by atoms with van der Waals surface area (Å²) in [6, 6.07) is 1.64. The average molecular weight is 257 g/mol. The molecule has 0 amide bonds. The molecule has 4 nitrogen and oxygen atoms in total. The van der Waals surface area contributed by atoms with E-state index in [2.05, 4.69) is 9.72 Å². The van der Waals surface area contributed by atoms with Gasteiger partial charge in [0, 0.05) is 5.39 Å². The Labute approximate surface area is 98.6 Å². The number of carbonyl (C=O) groups is 1. The number of hydrogen-bond acceptors (Lipinski definition) is 3.